The predicted molar refractivity (Wildman–Crippen MR) is 54.4 cm³/mol. The van der Waals surface area contributed by atoms with Crippen molar-refractivity contribution in [3.8, 4) is 0 Å². The Labute approximate surface area is 82.0 Å². The Kier molecular flexibility index (Phi) is 3.99. The van der Waals surface area contributed by atoms with E-state index in [1.165, 1.54) is 0 Å². The van der Waals surface area contributed by atoms with Crippen LogP contribution in [0.3, 0.4) is 0 Å². The first-order valence-electron chi connectivity index (χ1n) is 4.07. The minimum absolute atomic E-state index is 0.180. The van der Waals surface area contributed by atoms with Crippen LogP contribution in [0.5, 0.6) is 0 Å². The smallest absolute Gasteiger partial charge is 0.150 e. The summed E-state index contributed by atoms with van der Waals surface area (Å²) < 4.78 is 0. The summed E-state index contributed by atoms with van der Waals surface area (Å²) in [6.07, 6.45) is 0.857. The topological polar surface area (TPSA) is 37.3 Å². The van der Waals surface area contributed by atoms with Crippen LogP contribution in [0.15, 0.2) is 23.1 Å². The lowest BCUT2D eigenvalue weighted by Crippen LogP contribution is -1.89. The molecule has 0 aliphatic rings. The third-order valence-electron chi connectivity index (χ3n) is 1.73. The van der Waals surface area contributed by atoms with E-state index in [4.69, 9.17) is 5.11 Å². The summed E-state index contributed by atoms with van der Waals surface area (Å²) >= 11 is 1.59. The molecule has 0 bridgehead atoms. The van der Waals surface area contributed by atoms with E-state index < -0.39 is 0 Å². The number of carbonyl (C=O) groups excluding carboxylic acids is 1. The molecule has 3 heteroatoms. The zero-order valence-electron chi connectivity index (χ0n) is 7.49. The number of aliphatic hydroxyl groups is 1. The third kappa shape index (κ3) is 2.86. The molecular formula is C10H12O2S. The van der Waals surface area contributed by atoms with Gasteiger partial charge in [-0.3, -0.25) is 4.79 Å². The fraction of sp³-hybridized carbons (Fsp3) is 0.300. The lowest BCUT2D eigenvalue weighted by atomic mass is 10.1. The Hall–Kier alpha value is -0.800. The molecule has 1 N–H and O–H groups in total. The number of hydrogen-bond acceptors (Lipinski definition) is 3. The molecule has 0 fully saturated rings. The van der Waals surface area contributed by atoms with Crippen LogP contribution in [-0.4, -0.2) is 23.8 Å². The quantitative estimate of drug-likeness (QED) is 0.590. The molecule has 0 atom stereocenters. The lowest BCUT2D eigenvalue weighted by molar-refractivity contribution is 0.112. The average molecular weight is 196 g/mol. The first-order chi connectivity index (χ1) is 6.27. The van der Waals surface area contributed by atoms with E-state index >= 15 is 0 Å². The molecule has 0 saturated heterocycles. The SMILES string of the molecule is Cc1cc(SCCO)ccc1C=O. The zero-order valence-corrected chi connectivity index (χ0v) is 8.30. The van der Waals surface area contributed by atoms with Crippen LogP contribution in [0.2, 0.25) is 0 Å². The van der Waals surface area contributed by atoms with Crippen molar-refractivity contribution in [3.05, 3.63) is 29.3 Å². The summed E-state index contributed by atoms with van der Waals surface area (Å²) in [5, 5.41) is 8.62. The molecule has 13 heavy (non-hydrogen) atoms. The van der Waals surface area contributed by atoms with E-state index in [1.807, 2.05) is 25.1 Å². The van der Waals surface area contributed by atoms with Crippen LogP contribution in [-0.2, 0) is 0 Å². The number of aliphatic hydroxyl groups excluding tert-OH is 1. The molecule has 0 unspecified atom stereocenters. The number of rotatable bonds is 4. The summed E-state index contributed by atoms with van der Waals surface area (Å²) in [6.45, 7) is 2.09. The molecular weight excluding hydrogens is 184 g/mol. The monoisotopic (exact) mass is 196 g/mol. The molecule has 0 heterocycles. The van der Waals surface area contributed by atoms with Gasteiger partial charge in [0.15, 0.2) is 0 Å². The number of hydrogen-bond donors (Lipinski definition) is 1. The fourth-order valence-electron chi connectivity index (χ4n) is 1.03. The van der Waals surface area contributed by atoms with Gasteiger partial charge in [0, 0.05) is 16.2 Å². The second-order valence-corrected chi connectivity index (χ2v) is 3.88. The lowest BCUT2D eigenvalue weighted by Gasteiger charge is -2.02. The molecule has 0 spiro atoms. The highest BCUT2D eigenvalue weighted by molar-refractivity contribution is 7.99. The summed E-state index contributed by atoms with van der Waals surface area (Å²) in [4.78, 5) is 11.6. The fourth-order valence-corrected chi connectivity index (χ4v) is 1.79. The molecule has 0 aliphatic carbocycles. The molecule has 70 valence electrons. The maximum atomic E-state index is 10.5. The standard InChI is InChI=1S/C10H12O2S/c1-8-6-10(13-5-4-11)3-2-9(8)7-12/h2-3,6-7,11H,4-5H2,1H3. The zero-order chi connectivity index (χ0) is 9.68. The highest BCUT2D eigenvalue weighted by Crippen LogP contribution is 2.20. The van der Waals surface area contributed by atoms with Gasteiger partial charge in [0.1, 0.15) is 6.29 Å². The molecule has 2 nitrogen and oxygen atoms in total. The van der Waals surface area contributed by atoms with E-state index in [-0.39, 0.29) is 6.61 Å². The van der Waals surface area contributed by atoms with Gasteiger partial charge in [-0.1, -0.05) is 6.07 Å². The van der Waals surface area contributed by atoms with Crippen molar-refractivity contribution in [1.82, 2.24) is 0 Å². The minimum atomic E-state index is 0.180. The van der Waals surface area contributed by atoms with Gasteiger partial charge in [0.05, 0.1) is 6.61 Å². The van der Waals surface area contributed by atoms with Crippen LogP contribution in [0.25, 0.3) is 0 Å². The number of aryl methyl sites for hydroxylation is 1. The molecule has 1 rings (SSSR count). The number of aldehydes is 1. The Morgan fingerprint density at radius 3 is 2.85 bits per heavy atom. The van der Waals surface area contributed by atoms with Crippen molar-refractivity contribution in [3.63, 3.8) is 0 Å². The molecule has 0 radical (unpaired) electrons. The van der Waals surface area contributed by atoms with Crippen molar-refractivity contribution in [2.45, 2.75) is 11.8 Å². The first-order valence-corrected chi connectivity index (χ1v) is 5.06. The van der Waals surface area contributed by atoms with Gasteiger partial charge in [0.25, 0.3) is 0 Å². The van der Waals surface area contributed by atoms with E-state index in [9.17, 15) is 4.79 Å². The number of benzene rings is 1. The van der Waals surface area contributed by atoms with Crippen LogP contribution < -0.4 is 0 Å². The summed E-state index contributed by atoms with van der Waals surface area (Å²) in [5.74, 6) is 0.694. The summed E-state index contributed by atoms with van der Waals surface area (Å²) in [5.41, 5.74) is 1.71. The molecule has 1 aromatic carbocycles. The normalized spacial score (nSPS) is 10.0. The highest BCUT2D eigenvalue weighted by atomic mass is 32.2. The van der Waals surface area contributed by atoms with E-state index in [0.717, 1.165) is 22.3 Å². The third-order valence-corrected chi connectivity index (χ3v) is 2.70. The summed E-state index contributed by atoms with van der Waals surface area (Å²) in [7, 11) is 0. The van der Waals surface area contributed by atoms with E-state index in [2.05, 4.69) is 0 Å². The van der Waals surface area contributed by atoms with Gasteiger partial charge < -0.3 is 5.11 Å². The van der Waals surface area contributed by atoms with Crippen molar-refractivity contribution < 1.29 is 9.90 Å². The second kappa shape index (κ2) is 5.04. The van der Waals surface area contributed by atoms with Crippen LogP contribution >= 0.6 is 11.8 Å². The van der Waals surface area contributed by atoms with Crippen molar-refractivity contribution in [1.29, 1.82) is 0 Å². The first kappa shape index (κ1) is 10.3. The van der Waals surface area contributed by atoms with Gasteiger partial charge >= 0.3 is 0 Å². The van der Waals surface area contributed by atoms with Crippen LogP contribution in [0.4, 0.5) is 0 Å². The molecule has 1 aromatic rings. The van der Waals surface area contributed by atoms with Crippen LogP contribution in [0.1, 0.15) is 15.9 Å². The van der Waals surface area contributed by atoms with Gasteiger partial charge in [-0.05, 0) is 24.6 Å². The Morgan fingerprint density at radius 2 is 2.31 bits per heavy atom. The Bertz CT molecular complexity index is 297. The van der Waals surface area contributed by atoms with E-state index in [1.54, 1.807) is 11.8 Å². The number of carbonyl (C=O) groups is 1. The molecule has 0 saturated carbocycles. The van der Waals surface area contributed by atoms with Crippen LogP contribution in [0, 0.1) is 6.92 Å². The summed E-state index contributed by atoms with van der Waals surface area (Å²) in [6, 6.07) is 5.67. The van der Waals surface area contributed by atoms with E-state index in [0.29, 0.717) is 5.75 Å². The van der Waals surface area contributed by atoms with Gasteiger partial charge in [0.2, 0.25) is 0 Å². The van der Waals surface area contributed by atoms with Crippen molar-refractivity contribution >= 4 is 18.0 Å². The second-order valence-electron chi connectivity index (χ2n) is 2.71. The molecule has 0 aliphatic heterocycles. The van der Waals surface area contributed by atoms with Crippen molar-refractivity contribution in [2.75, 3.05) is 12.4 Å². The van der Waals surface area contributed by atoms with Crippen molar-refractivity contribution in [2.24, 2.45) is 0 Å². The molecule has 0 amide bonds. The average Bonchev–Trinajstić information content (AvgIpc) is 2.15. The highest BCUT2D eigenvalue weighted by Gasteiger charge is 1.98. The minimum Gasteiger partial charge on any atom is -0.396 e. The Morgan fingerprint density at radius 1 is 1.54 bits per heavy atom. The predicted octanol–water partition coefficient (Wildman–Crippen LogP) is 1.89. The largest absolute Gasteiger partial charge is 0.396 e. The maximum absolute atomic E-state index is 10.5. The maximum Gasteiger partial charge on any atom is 0.150 e. The Balaban J connectivity index is 2.77. The van der Waals surface area contributed by atoms with Gasteiger partial charge in [-0.2, -0.15) is 0 Å². The van der Waals surface area contributed by atoms with Gasteiger partial charge in [-0.25, -0.2) is 0 Å². The van der Waals surface area contributed by atoms with Gasteiger partial charge in [-0.15, -0.1) is 11.8 Å². The number of thioether (sulfide) groups is 1. The molecule has 0 aromatic heterocycles.